The average Bonchev–Trinajstić information content (AvgIpc) is 2.27. The van der Waals surface area contributed by atoms with Crippen LogP contribution in [-0.2, 0) is 16.6 Å². The molecule has 0 saturated carbocycles. The van der Waals surface area contributed by atoms with E-state index in [0.29, 0.717) is 24.4 Å². The highest BCUT2D eigenvalue weighted by atomic mass is 32.2. The molecule has 0 heterocycles. The topological polar surface area (TPSA) is 72.2 Å². The highest BCUT2D eigenvalue weighted by molar-refractivity contribution is 7.89. The monoisotopic (exact) mass is 274 g/mol. The van der Waals surface area contributed by atoms with E-state index in [1.807, 2.05) is 13.8 Å². The van der Waals surface area contributed by atoms with Crippen molar-refractivity contribution in [3.05, 3.63) is 29.6 Å². The quantitative estimate of drug-likeness (QED) is 0.827. The van der Waals surface area contributed by atoms with Crippen molar-refractivity contribution in [1.82, 2.24) is 4.72 Å². The van der Waals surface area contributed by atoms with Gasteiger partial charge in [-0.2, -0.15) is 0 Å². The number of nitrogens with two attached hydrogens (primary N) is 1. The largest absolute Gasteiger partial charge is 0.326 e. The average molecular weight is 274 g/mol. The first-order valence-electron chi connectivity index (χ1n) is 5.85. The van der Waals surface area contributed by atoms with Crippen LogP contribution in [0.5, 0.6) is 0 Å². The summed E-state index contributed by atoms with van der Waals surface area (Å²) in [7, 11) is -3.78. The number of benzene rings is 1. The molecule has 0 aliphatic carbocycles. The van der Waals surface area contributed by atoms with Gasteiger partial charge in [-0.25, -0.2) is 17.5 Å². The standard InChI is InChI=1S/C12H19FN2O2S/c1-9(2)5-6-15-18(16,17)12-4-3-10(8-14)7-11(12)13/h3-4,7,9,15H,5-6,8,14H2,1-2H3. The molecule has 1 aromatic rings. The van der Waals surface area contributed by atoms with Crippen LogP contribution in [0.4, 0.5) is 4.39 Å². The van der Waals surface area contributed by atoms with Crippen molar-refractivity contribution in [3.63, 3.8) is 0 Å². The van der Waals surface area contributed by atoms with Crippen molar-refractivity contribution in [2.24, 2.45) is 11.7 Å². The Morgan fingerprint density at radius 2 is 2.06 bits per heavy atom. The lowest BCUT2D eigenvalue weighted by Crippen LogP contribution is -2.26. The minimum Gasteiger partial charge on any atom is -0.326 e. The lowest BCUT2D eigenvalue weighted by atomic mass is 10.1. The summed E-state index contributed by atoms with van der Waals surface area (Å²) in [5, 5.41) is 0. The lowest BCUT2D eigenvalue weighted by Gasteiger charge is -2.09. The Morgan fingerprint density at radius 3 is 2.56 bits per heavy atom. The molecule has 1 aromatic carbocycles. The third kappa shape index (κ3) is 4.04. The maximum atomic E-state index is 13.6. The third-order valence-electron chi connectivity index (χ3n) is 2.54. The maximum absolute atomic E-state index is 13.6. The molecule has 6 heteroatoms. The van der Waals surface area contributed by atoms with Crippen molar-refractivity contribution >= 4 is 10.0 Å². The first-order valence-corrected chi connectivity index (χ1v) is 7.33. The summed E-state index contributed by atoms with van der Waals surface area (Å²) in [4.78, 5) is -0.330. The van der Waals surface area contributed by atoms with Crippen LogP contribution in [0.25, 0.3) is 0 Å². The van der Waals surface area contributed by atoms with Gasteiger partial charge in [0.05, 0.1) is 0 Å². The number of nitrogens with one attached hydrogen (secondary N) is 1. The van der Waals surface area contributed by atoms with E-state index in [1.54, 1.807) is 0 Å². The summed E-state index contributed by atoms with van der Waals surface area (Å²) in [6, 6.07) is 3.91. The molecule has 0 aliphatic heterocycles. The van der Waals surface area contributed by atoms with E-state index in [2.05, 4.69) is 4.72 Å². The minimum atomic E-state index is -3.78. The fraction of sp³-hybridized carbons (Fsp3) is 0.500. The third-order valence-corrected chi connectivity index (χ3v) is 4.03. The normalized spacial score (nSPS) is 12.1. The second-order valence-electron chi connectivity index (χ2n) is 4.55. The van der Waals surface area contributed by atoms with Gasteiger partial charge in [0.2, 0.25) is 10.0 Å². The first-order chi connectivity index (χ1) is 8.36. The highest BCUT2D eigenvalue weighted by Crippen LogP contribution is 2.16. The minimum absolute atomic E-state index is 0.179. The van der Waals surface area contributed by atoms with Gasteiger partial charge in [-0.1, -0.05) is 19.9 Å². The van der Waals surface area contributed by atoms with E-state index in [9.17, 15) is 12.8 Å². The van der Waals surface area contributed by atoms with Gasteiger partial charge in [0.1, 0.15) is 10.7 Å². The Kier molecular flexibility index (Phi) is 5.25. The van der Waals surface area contributed by atoms with E-state index >= 15 is 0 Å². The van der Waals surface area contributed by atoms with Crippen LogP contribution in [0.2, 0.25) is 0 Å². The molecule has 0 saturated heterocycles. The number of rotatable bonds is 6. The van der Waals surface area contributed by atoms with E-state index in [-0.39, 0.29) is 11.4 Å². The van der Waals surface area contributed by atoms with Crippen molar-refractivity contribution in [2.45, 2.75) is 31.7 Å². The first kappa shape index (κ1) is 15.1. The molecule has 102 valence electrons. The van der Waals surface area contributed by atoms with Crippen LogP contribution >= 0.6 is 0 Å². The van der Waals surface area contributed by atoms with Gasteiger partial charge in [-0.15, -0.1) is 0 Å². The molecule has 3 N–H and O–H groups in total. The summed E-state index contributed by atoms with van der Waals surface area (Å²) in [6.45, 7) is 4.46. The predicted molar refractivity (Wildman–Crippen MR) is 68.9 cm³/mol. The second-order valence-corrected chi connectivity index (χ2v) is 6.28. The predicted octanol–water partition coefficient (Wildman–Crippen LogP) is 1.61. The Labute approximate surface area is 107 Å². The molecule has 0 fully saturated rings. The zero-order valence-corrected chi connectivity index (χ0v) is 11.4. The van der Waals surface area contributed by atoms with Gasteiger partial charge in [0.15, 0.2) is 0 Å². The molecule has 0 aromatic heterocycles. The molecular weight excluding hydrogens is 255 g/mol. The summed E-state index contributed by atoms with van der Waals surface area (Å²) < 4.78 is 39.7. The Bertz CT molecular complexity index is 501. The molecule has 4 nitrogen and oxygen atoms in total. The molecule has 0 bridgehead atoms. The smallest absolute Gasteiger partial charge is 0.243 e. The zero-order valence-electron chi connectivity index (χ0n) is 10.6. The van der Waals surface area contributed by atoms with Gasteiger partial charge in [0.25, 0.3) is 0 Å². The summed E-state index contributed by atoms with van der Waals surface area (Å²) >= 11 is 0. The van der Waals surface area contributed by atoms with Crippen LogP contribution in [-0.4, -0.2) is 15.0 Å². The van der Waals surface area contributed by atoms with Gasteiger partial charge >= 0.3 is 0 Å². The summed E-state index contributed by atoms with van der Waals surface area (Å²) in [6.07, 6.45) is 0.710. The van der Waals surface area contributed by atoms with E-state index in [1.165, 1.54) is 12.1 Å². The molecule has 0 amide bonds. The fourth-order valence-corrected chi connectivity index (χ4v) is 2.55. The van der Waals surface area contributed by atoms with Gasteiger partial charge in [0, 0.05) is 13.1 Å². The Balaban J connectivity index is 2.85. The van der Waals surface area contributed by atoms with Gasteiger partial charge < -0.3 is 5.73 Å². The van der Waals surface area contributed by atoms with Crippen molar-refractivity contribution in [1.29, 1.82) is 0 Å². The fourth-order valence-electron chi connectivity index (χ4n) is 1.45. The van der Waals surface area contributed by atoms with Crippen molar-refractivity contribution in [2.75, 3.05) is 6.54 Å². The van der Waals surface area contributed by atoms with Crippen LogP contribution in [0.15, 0.2) is 23.1 Å². The Hall–Kier alpha value is -0.980. The van der Waals surface area contributed by atoms with Crippen molar-refractivity contribution in [3.8, 4) is 0 Å². The van der Waals surface area contributed by atoms with E-state index in [0.717, 1.165) is 6.07 Å². The summed E-state index contributed by atoms with van der Waals surface area (Å²) in [5.74, 6) is -0.382. The molecule has 0 unspecified atom stereocenters. The van der Waals surface area contributed by atoms with Crippen LogP contribution in [0.3, 0.4) is 0 Å². The molecular formula is C12H19FN2O2S. The highest BCUT2D eigenvalue weighted by Gasteiger charge is 2.18. The number of sulfonamides is 1. The molecule has 0 atom stereocenters. The van der Waals surface area contributed by atoms with E-state index < -0.39 is 15.8 Å². The van der Waals surface area contributed by atoms with Crippen LogP contribution < -0.4 is 10.5 Å². The SMILES string of the molecule is CC(C)CCNS(=O)(=O)c1ccc(CN)cc1F. The Morgan fingerprint density at radius 1 is 1.39 bits per heavy atom. The molecule has 18 heavy (non-hydrogen) atoms. The number of hydrogen-bond donors (Lipinski definition) is 2. The number of hydrogen-bond acceptors (Lipinski definition) is 3. The summed E-state index contributed by atoms with van der Waals surface area (Å²) in [5.41, 5.74) is 5.92. The molecule has 0 radical (unpaired) electrons. The van der Waals surface area contributed by atoms with E-state index in [4.69, 9.17) is 5.73 Å². The molecule has 1 rings (SSSR count). The van der Waals surface area contributed by atoms with Gasteiger partial charge in [-0.3, -0.25) is 0 Å². The van der Waals surface area contributed by atoms with Crippen molar-refractivity contribution < 1.29 is 12.8 Å². The van der Waals surface area contributed by atoms with Gasteiger partial charge in [-0.05, 0) is 30.0 Å². The molecule has 0 aliphatic rings. The second kappa shape index (κ2) is 6.26. The lowest BCUT2D eigenvalue weighted by molar-refractivity contribution is 0.539. The molecule has 0 spiro atoms. The van der Waals surface area contributed by atoms with Crippen LogP contribution in [0, 0.1) is 11.7 Å². The zero-order chi connectivity index (χ0) is 13.8. The number of halogens is 1. The maximum Gasteiger partial charge on any atom is 0.243 e. The van der Waals surface area contributed by atoms with Crippen LogP contribution in [0.1, 0.15) is 25.8 Å².